The Bertz CT molecular complexity index is 987. The lowest BCUT2D eigenvalue weighted by molar-refractivity contribution is 0.0197. The average Bonchev–Trinajstić information content (AvgIpc) is 3.40. The van der Waals surface area contributed by atoms with E-state index in [2.05, 4.69) is 19.2 Å². The lowest BCUT2D eigenvalue weighted by Crippen LogP contribution is -2.64. The number of likely N-dealkylation sites (tertiary alicyclic amines) is 1. The molecule has 7 heteroatoms. The third-order valence-corrected chi connectivity index (χ3v) is 7.00. The molecule has 1 atom stereocenters. The number of hydrogen-bond acceptors (Lipinski definition) is 3. The van der Waals surface area contributed by atoms with Crippen LogP contribution in [0.15, 0.2) is 30.3 Å². The first-order chi connectivity index (χ1) is 15.0. The van der Waals surface area contributed by atoms with E-state index in [-0.39, 0.29) is 29.9 Å². The topological polar surface area (TPSA) is 70.5 Å². The summed E-state index contributed by atoms with van der Waals surface area (Å²) in [6, 6.07) is 10.2. The maximum Gasteiger partial charge on any atom is 0.317 e. The summed E-state index contributed by atoms with van der Waals surface area (Å²) in [6.45, 7) is 7.49. The molecule has 5 rings (SSSR count). The smallest absolute Gasteiger partial charge is 0.317 e. The first-order valence-corrected chi connectivity index (χ1v) is 11.5. The SMILES string of the molecule is Cc1nn(-c2ccccc2)c2c1C(C(C)C)N(C1CN(C(=O)NC3CCCC3)C1)C2=O. The van der Waals surface area contributed by atoms with Gasteiger partial charge >= 0.3 is 6.03 Å². The Kier molecular flexibility index (Phi) is 4.99. The Morgan fingerprint density at radius 1 is 1.13 bits per heavy atom. The zero-order valence-electron chi connectivity index (χ0n) is 18.5. The van der Waals surface area contributed by atoms with Gasteiger partial charge in [-0.25, -0.2) is 9.48 Å². The Balaban J connectivity index is 1.37. The van der Waals surface area contributed by atoms with Gasteiger partial charge in [0, 0.05) is 24.7 Å². The molecule has 31 heavy (non-hydrogen) atoms. The lowest BCUT2D eigenvalue weighted by Gasteiger charge is -2.47. The first-order valence-electron chi connectivity index (χ1n) is 11.5. The van der Waals surface area contributed by atoms with E-state index in [1.54, 1.807) is 4.68 Å². The highest BCUT2D eigenvalue weighted by Crippen LogP contribution is 2.43. The number of rotatable bonds is 4. The molecule has 1 saturated carbocycles. The van der Waals surface area contributed by atoms with Gasteiger partial charge in [0.2, 0.25) is 0 Å². The molecule has 2 aromatic rings. The number of nitrogens with one attached hydrogen (secondary N) is 1. The molecule has 3 heterocycles. The van der Waals surface area contributed by atoms with Gasteiger partial charge in [-0.05, 0) is 37.8 Å². The van der Waals surface area contributed by atoms with E-state index in [0.29, 0.717) is 24.8 Å². The number of benzene rings is 1. The molecular formula is C24H31N5O2. The number of nitrogens with zero attached hydrogens (tertiary/aromatic N) is 4. The van der Waals surface area contributed by atoms with Crippen LogP contribution in [0.3, 0.4) is 0 Å². The fourth-order valence-corrected chi connectivity index (χ4v) is 5.42. The fourth-order valence-electron chi connectivity index (χ4n) is 5.42. The monoisotopic (exact) mass is 421 g/mol. The summed E-state index contributed by atoms with van der Waals surface area (Å²) in [5, 5.41) is 7.88. The van der Waals surface area contributed by atoms with Gasteiger partial charge in [-0.1, -0.05) is 44.9 Å². The fraction of sp³-hybridized carbons (Fsp3) is 0.542. The highest BCUT2D eigenvalue weighted by molar-refractivity contribution is 5.99. The molecule has 3 aliphatic rings. The van der Waals surface area contributed by atoms with Crippen LogP contribution in [-0.2, 0) is 0 Å². The second-order valence-corrected chi connectivity index (χ2v) is 9.49. The second-order valence-electron chi connectivity index (χ2n) is 9.49. The molecule has 0 bridgehead atoms. The van der Waals surface area contributed by atoms with Gasteiger partial charge in [0.1, 0.15) is 5.69 Å². The zero-order valence-corrected chi connectivity index (χ0v) is 18.5. The Hall–Kier alpha value is -2.83. The number of aryl methyl sites for hydroxylation is 1. The van der Waals surface area contributed by atoms with Gasteiger partial charge in [-0.15, -0.1) is 0 Å². The predicted octanol–water partition coefficient (Wildman–Crippen LogP) is 3.67. The maximum atomic E-state index is 13.7. The number of fused-ring (bicyclic) bond motifs is 1. The van der Waals surface area contributed by atoms with E-state index in [4.69, 9.17) is 5.10 Å². The van der Waals surface area contributed by atoms with Crippen LogP contribution in [0.2, 0.25) is 0 Å². The van der Waals surface area contributed by atoms with E-state index >= 15 is 0 Å². The normalized spacial score (nSPS) is 21.7. The van der Waals surface area contributed by atoms with Crippen LogP contribution in [0.4, 0.5) is 4.79 Å². The molecule has 2 aliphatic heterocycles. The molecule has 2 fully saturated rings. The van der Waals surface area contributed by atoms with Crippen LogP contribution < -0.4 is 5.32 Å². The van der Waals surface area contributed by atoms with Crippen LogP contribution in [0, 0.1) is 12.8 Å². The average molecular weight is 422 g/mol. The van der Waals surface area contributed by atoms with Crippen LogP contribution in [0.1, 0.15) is 67.3 Å². The van der Waals surface area contributed by atoms with Crippen molar-refractivity contribution >= 4 is 11.9 Å². The quantitative estimate of drug-likeness (QED) is 0.819. The van der Waals surface area contributed by atoms with Gasteiger partial charge in [0.25, 0.3) is 5.91 Å². The van der Waals surface area contributed by atoms with Crippen molar-refractivity contribution in [2.24, 2.45) is 5.92 Å². The largest absolute Gasteiger partial charge is 0.335 e. The van der Waals surface area contributed by atoms with E-state index < -0.39 is 0 Å². The predicted molar refractivity (Wildman–Crippen MR) is 118 cm³/mol. The van der Waals surface area contributed by atoms with E-state index in [1.807, 2.05) is 47.1 Å². The summed E-state index contributed by atoms with van der Waals surface area (Å²) in [4.78, 5) is 30.1. The summed E-state index contributed by atoms with van der Waals surface area (Å²) in [7, 11) is 0. The standard InChI is InChI=1S/C24H31N5O2/c1-15(2)21-20-16(3)26-29(18-11-5-4-6-12-18)22(20)23(30)28(21)19-13-27(14-19)24(31)25-17-9-7-8-10-17/h4-6,11-12,15,17,19,21H,7-10,13-14H2,1-3H3,(H,25,31). The molecule has 164 valence electrons. The Labute approximate surface area is 183 Å². The van der Waals surface area contributed by atoms with Crippen LogP contribution in [-0.4, -0.2) is 56.7 Å². The van der Waals surface area contributed by atoms with Crippen molar-refractivity contribution in [3.8, 4) is 5.69 Å². The molecule has 1 aliphatic carbocycles. The second kappa shape index (κ2) is 7.70. The number of hydrogen-bond donors (Lipinski definition) is 1. The molecule has 1 aromatic carbocycles. The third-order valence-electron chi connectivity index (χ3n) is 7.00. The Morgan fingerprint density at radius 3 is 2.45 bits per heavy atom. The van der Waals surface area contributed by atoms with Crippen LogP contribution in [0.25, 0.3) is 5.69 Å². The number of amides is 3. The van der Waals surface area contributed by atoms with Crippen molar-refractivity contribution in [2.45, 2.75) is 64.6 Å². The molecule has 1 unspecified atom stereocenters. The van der Waals surface area contributed by atoms with Crippen molar-refractivity contribution in [3.63, 3.8) is 0 Å². The molecule has 0 radical (unpaired) electrons. The molecular weight excluding hydrogens is 390 g/mol. The Morgan fingerprint density at radius 2 is 1.81 bits per heavy atom. The zero-order chi connectivity index (χ0) is 21.7. The van der Waals surface area contributed by atoms with Crippen molar-refractivity contribution in [1.82, 2.24) is 24.9 Å². The highest BCUT2D eigenvalue weighted by atomic mass is 16.2. The summed E-state index contributed by atoms with van der Waals surface area (Å²) < 4.78 is 1.80. The molecule has 3 amide bonds. The van der Waals surface area contributed by atoms with Crippen molar-refractivity contribution in [1.29, 1.82) is 0 Å². The molecule has 1 saturated heterocycles. The van der Waals surface area contributed by atoms with Crippen molar-refractivity contribution in [3.05, 3.63) is 47.3 Å². The van der Waals surface area contributed by atoms with Gasteiger partial charge in [0.15, 0.2) is 0 Å². The summed E-state index contributed by atoms with van der Waals surface area (Å²) in [6.07, 6.45) is 4.55. The molecule has 7 nitrogen and oxygen atoms in total. The van der Waals surface area contributed by atoms with Crippen LogP contribution >= 0.6 is 0 Å². The molecule has 1 N–H and O–H groups in total. The van der Waals surface area contributed by atoms with Crippen molar-refractivity contribution < 1.29 is 9.59 Å². The van der Waals surface area contributed by atoms with Gasteiger partial charge in [-0.2, -0.15) is 5.10 Å². The summed E-state index contributed by atoms with van der Waals surface area (Å²) in [5.74, 6) is 0.290. The molecule has 1 aromatic heterocycles. The number of carbonyl (C=O) groups is 2. The first kappa shape index (κ1) is 20.1. The number of aromatic nitrogens is 2. The summed E-state index contributed by atoms with van der Waals surface area (Å²) >= 11 is 0. The molecule has 0 spiro atoms. The van der Waals surface area contributed by atoms with E-state index in [9.17, 15) is 9.59 Å². The van der Waals surface area contributed by atoms with Gasteiger partial charge in [-0.3, -0.25) is 4.79 Å². The van der Waals surface area contributed by atoms with Crippen molar-refractivity contribution in [2.75, 3.05) is 13.1 Å². The lowest BCUT2D eigenvalue weighted by atomic mass is 9.94. The number of urea groups is 1. The minimum absolute atomic E-state index is 0.00925. The highest BCUT2D eigenvalue weighted by Gasteiger charge is 2.50. The van der Waals surface area contributed by atoms with E-state index in [0.717, 1.165) is 29.8 Å². The van der Waals surface area contributed by atoms with E-state index in [1.165, 1.54) is 12.8 Å². The maximum absolute atomic E-state index is 13.7. The minimum atomic E-state index is -0.00925. The number of para-hydroxylation sites is 1. The van der Waals surface area contributed by atoms with Gasteiger partial charge < -0.3 is 15.1 Å². The third kappa shape index (κ3) is 3.30. The summed E-state index contributed by atoms with van der Waals surface area (Å²) in [5.41, 5.74) is 3.52. The minimum Gasteiger partial charge on any atom is -0.335 e. The number of carbonyl (C=O) groups excluding carboxylic acids is 2. The van der Waals surface area contributed by atoms with Gasteiger partial charge in [0.05, 0.1) is 23.5 Å². The van der Waals surface area contributed by atoms with Crippen LogP contribution in [0.5, 0.6) is 0 Å².